The van der Waals surface area contributed by atoms with E-state index in [1.165, 1.54) is 24.8 Å². The summed E-state index contributed by atoms with van der Waals surface area (Å²) in [7, 11) is 0. The summed E-state index contributed by atoms with van der Waals surface area (Å²) >= 11 is 0. The maximum Gasteiger partial charge on any atom is 0.0558 e. The zero-order valence-corrected chi connectivity index (χ0v) is 11.9. The van der Waals surface area contributed by atoms with Gasteiger partial charge < -0.3 is 10.2 Å². The van der Waals surface area contributed by atoms with Crippen LogP contribution >= 0.6 is 0 Å². The lowest BCUT2D eigenvalue weighted by molar-refractivity contribution is 0.0945. The number of hydrogen-bond acceptors (Lipinski definition) is 3. The predicted molar refractivity (Wildman–Crippen MR) is 80.2 cm³/mol. The van der Waals surface area contributed by atoms with Gasteiger partial charge in [-0.25, -0.2) is 0 Å². The van der Waals surface area contributed by atoms with Gasteiger partial charge in [0.2, 0.25) is 0 Å². The Hall–Kier alpha value is -1.34. The highest BCUT2D eigenvalue weighted by Crippen LogP contribution is 2.25. The van der Waals surface area contributed by atoms with Crippen LogP contribution in [0.4, 0.5) is 0 Å². The minimum absolute atomic E-state index is 0.114. The van der Waals surface area contributed by atoms with Crippen molar-refractivity contribution >= 4 is 0 Å². The number of rotatable bonds is 6. The number of hydrogen-bond donors (Lipinski definition) is 2. The van der Waals surface area contributed by atoms with Crippen molar-refractivity contribution in [2.24, 2.45) is 0 Å². The Morgan fingerprint density at radius 2 is 1.85 bits per heavy atom. The molecule has 108 valence electrons. The summed E-state index contributed by atoms with van der Waals surface area (Å²) in [5, 5.41) is 17.9. The van der Waals surface area contributed by atoms with Crippen molar-refractivity contribution < 1.29 is 10.2 Å². The van der Waals surface area contributed by atoms with E-state index in [0.29, 0.717) is 12.5 Å². The van der Waals surface area contributed by atoms with Crippen LogP contribution in [-0.2, 0) is 6.54 Å². The van der Waals surface area contributed by atoms with Gasteiger partial charge >= 0.3 is 0 Å². The molecule has 0 heterocycles. The molecule has 1 saturated carbocycles. The van der Waals surface area contributed by atoms with Gasteiger partial charge in [-0.3, -0.25) is 4.90 Å². The van der Waals surface area contributed by atoms with Crippen LogP contribution < -0.4 is 0 Å². The van der Waals surface area contributed by atoms with Crippen molar-refractivity contribution in [2.75, 3.05) is 19.8 Å². The SMILES string of the molecule is OCCC#Cc1ccc(CN(CCO)C2CCC2)cc1. The second-order valence-electron chi connectivity index (χ2n) is 5.25. The normalized spacial score (nSPS) is 14.8. The zero-order chi connectivity index (χ0) is 14.2. The molecule has 3 nitrogen and oxygen atoms in total. The van der Waals surface area contributed by atoms with Crippen LogP contribution in [0.5, 0.6) is 0 Å². The van der Waals surface area contributed by atoms with Gasteiger partial charge in [0.1, 0.15) is 0 Å². The lowest BCUT2D eigenvalue weighted by Gasteiger charge is -2.37. The van der Waals surface area contributed by atoms with E-state index in [0.717, 1.165) is 18.7 Å². The van der Waals surface area contributed by atoms with Crippen molar-refractivity contribution in [3.05, 3.63) is 35.4 Å². The summed E-state index contributed by atoms with van der Waals surface area (Å²) in [5.74, 6) is 5.96. The van der Waals surface area contributed by atoms with Crippen LogP contribution in [-0.4, -0.2) is 40.9 Å². The van der Waals surface area contributed by atoms with Gasteiger partial charge in [-0.15, -0.1) is 0 Å². The number of nitrogens with zero attached hydrogens (tertiary/aromatic N) is 1. The Labute approximate surface area is 121 Å². The first-order chi connectivity index (χ1) is 9.83. The van der Waals surface area contributed by atoms with Crippen molar-refractivity contribution in [3.63, 3.8) is 0 Å². The van der Waals surface area contributed by atoms with Gasteiger partial charge in [-0.2, -0.15) is 0 Å². The topological polar surface area (TPSA) is 43.7 Å². The Morgan fingerprint density at radius 3 is 2.40 bits per heavy atom. The summed E-state index contributed by atoms with van der Waals surface area (Å²) in [6.45, 7) is 1.99. The molecule has 2 N–H and O–H groups in total. The van der Waals surface area contributed by atoms with E-state index in [-0.39, 0.29) is 13.2 Å². The summed E-state index contributed by atoms with van der Waals surface area (Å²) in [6, 6.07) is 8.90. The van der Waals surface area contributed by atoms with Crippen molar-refractivity contribution in [3.8, 4) is 11.8 Å². The molecule has 0 saturated heterocycles. The fraction of sp³-hybridized carbons (Fsp3) is 0.529. The number of benzene rings is 1. The first-order valence-electron chi connectivity index (χ1n) is 7.37. The number of aliphatic hydroxyl groups is 2. The van der Waals surface area contributed by atoms with E-state index in [2.05, 4.69) is 28.9 Å². The minimum Gasteiger partial charge on any atom is -0.395 e. The predicted octanol–water partition coefficient (Wildman–Crippen LogP) is 1.77. The van der Waals surface area contributed by atoms with Gasteiger partial charge in [-0.05, 0) is 30.5 Å². The van der Waals surface area contributed by atoms with Crippen LogP contribution in [0.2, 0.25) is 0 Å². The van der Waals surface area contributed by atoms with Crippen molar-refractivity contribution in [1.29, 1.82) is 0 Å². The van der Waals surface area contributed by atoms with E-state index in [4.69, 9.17) is 10.2 Å². The quantitative estimate of drug-likeness (QED) is 0.776. The Bertz CT molecular complexity index is 454. The molecule has 2 rings (SSSR count). The highest BCUT2D eigenvalue weighted by atomic mass is 16.3. The van der Waals surface area contributed by atoms with E-state index in [9.17, 15) is 0 Å². The molecule has 20 heavy (non-hydrogen) atoms. The number of aliphatic hydroxyl groups excluding tert-OH is 2. The van der Waals surface area contributed by atoms with Gasteiger partial charge in [0.25, 0.3) is 0 Å². The molecule has 1 aliphatic carbocycles. The Balaban J connectivity index is 1.93. The standard InChI is InChI=1S/C17H23NO2/c19-12-2-1-4-15-7-9-16(10-8-15)14-18(11-13-20)17-5-3-6-17/h7-10,17,19-20H,2-3,5-6,11-14H2. The molecule has 0 spiro atoms. The third-order valence-corrected chi connectivity index (χ3v) is 3.79. The highest BCUT2D eigenvalue weighted by molar-refractivity contribution is 5.36. The molecular weight excluding hydrogens is 250 g/mol. The monoisotopic (exact) mass is 273 g/mol. The second-order valence-corrected chi connectivity index (χ2v) is 5.25. The van der Waals surface area contributed by atoms with Crippen LogP contribution in [0.25, 0.3) is 0 Å². The molecule has 0 radical (unpaired) electrons. The molecule has 0 bridgehead atoms. The molecular formula is C17H23NO2. The molecule has 0 unspecified atom stereocenters. The molecule has 0 aromatic heterocycles. The first-order valence-corrected chi connectivity index (χ1v) is 7.37. The van der Waals surface area contributed by atoms with Gasteiger partial charge in [0, 0.05) is 31.1 Å². The van der Waals surface area contributed by atoms with Crippen molar-refractivity contribution in [1.82, 2.24) is 4.90 Å². The van der Waals surface area contributed by atoms with E-state index in [1.54, 1.807) is 0 Å². The molecule has 3 heteroatoms. The van der Waals surface area contributed by atoms with Gasteiger partial charge in [0.05, 0.1) is 13.2 Å². The van der Waals surface area contributed by atoms with Crippen LogP contribution in [0, 0.1) is 11.8 Å². The summed E-state index contributed by atoms with van der Waals surface area (Å²) in [5.41, 5.74) is 2.25. The average Bonchev–Trinajstić information content (AvgIpc) is 2.39. The van der Waals surface area contributed by atoms with Gasteiger partial charge in [0.15, 0.2) is 0 Å². The fourth-order valence-electron chi connectivity index (χ4n) is 2.42. The lowest BCUT2D eigenvalue weighted by atomic mass is 9.91. The molecule has 0 amide bonds. The molecule has 1 aromatic carbocycles. The zero-order valence-electron chi connectivity index (χ0n) is 11.9. The van der Waals surface area contributed by atoms with Crippen LogP contribution in [0.1, 0.15) is 36.8 Å². The Kier molecular flexibility index (Phi) is 6.07. The smallest absolute Gasteiger partial charge is 0.0558 e. The summed E-state index contributed by atoms with van der Waals surface area (Å²) < 4.78 is 0. The first kappa shape index (κ1) is 15.1. The van der Waals surface area contributed by atoms with Gasteiger partial charge in [-0.1, -0.05) is 30.4 Å². The van der Waals surface area contributed by atoms with E-state index in [1.807, 2.05) is 12.1 Å². The maximum atomic E-state index is 9.17. The highest BCUT2D eigenvalue weighted by Gasteiger charge is 2.24. The lowest BCUT2D eigenvalue weighted by Crippen LogP contribution is -2.41. The molecule has 1 aliphatic rings. The maximum absolute atomic E-state index is 9.17. The molecule has 0 atom stereocenters. The summed E-state index contributed by atoms with van der Waals surface area (Å²) in [4.78, 5) is 2.37. The fourth-order valence-corrected chi connectivity index (χ4v) is 2.42. The summed E-state index contributed by atoms with van der Waals surface area (Å²) in [6.07, 6.45) is 4.34. The van der Waals surface area contributed by atoms with Crippen molar-refractivity contribution in [2.45, 2.75) is 38.3 Å². The Morgan fingerprint density at radius 1 is 1.10 bits per heavy atom. The van der Waals surface area contributed by atoms with Crippen LogP contribution in [0.15, 0.2) is 24.3 Å². The minimum atomic E-state index is 0.114. The molecule has 1 fully saturated rings. The average molecular weight is 273 g/mol. The van der Waals surface area contributed by atoms with Crippen LogP contribution in [0.3, 0.4) is 0 Å². The largest absolute Gasteiger partial charge is 0.395 e. The molecule has 0 aliphatic heterocycles. The third kappa shape index (κ3) is 4.35. The third-order valence-electron chi connectivity index (χ3n) is 3.79. The van der Waals surface area contributed by atoms with E-state index >= 15 is 0 Å². The van der Waals surface area contributed by atoms with E-state index < -0.39 is 0 Å². The molecule has 1 aromatic rings. The second kappa shape index (κ2) is 8.06.